The van der Waals surface area contributed by atoms with Crippen LogP contribution >= 0.6 is 0 Å². The summed E-state index contributed by atoms with van der Waals surface area (Å²) in [4.78, 5) is 15.1. The number of amides is 1. The number of nitrogens with zero attached hydrogens (tertiary/aromatic N) is 3. The summed E-state index contributed by atoms with van der Waals surface area (Å²) in [6.45, 7) is 0.490. The molecule has 1 amide bonds. The lowest BCUT2D eigenvalue weighted by Crippen LogP contribution is -2.29. The molecule has 0 atom stereocenters. The summed E-state index contributed by atoms with van der Waals surface area (Å²) in [5, 5.41) is 9.10. The number of anilines is 1. The molecule has 154 valence electrons. The van der Waals surface area contributed by atoms with Gasteiger partial charge in [-0.1, -0.05) is 109 Å². The van der Waals surface area contributed by atoms with E-state index in [4.69, 9.17) is 0 Å². The van der Waals surface area contributed by atoms with Crippen LogP contribution in [0.15, 0.2) is 125 Å². The van der Waals surface area contributed by atoms with Crippen LogP contribution < -0.4 is 4.90 Å². The van der Waals surface area contributed by atoms with Crippen molar-refractivity contribution in [3.05, 3.63) is 138 Å². The Morgan fingerprint density at radius 3 is 1.81 bits per heavy atom. The average molecular weight is 415 g/mol. The first-order valence-electron chi connectivity index (χ1n) is 10.5. The van der Waals surface area contributed by atoms with E-state index in [0.717, 1.165) is 33.7 Å². The molecule has 1 aliphatic heterocycles. The highest BCUT2D eigenvalue weighted by atomic mass is 16.2. The van der Waals surface area contributed by atoms with Gasteiger partial charge in [0.15, 0.2) is 5.71 Å². The molecule has 1 aliphatic rings. The molecule has 1 heterocycles. The molecule has 5 rings (SSSR count). The Kier molecular flexibility index (Phi) is 5.41. The van der Waals surface area contributed by atoms with Crippen molar-refractivity contribution in [2.24, 2.45) is 10.2 Å². The lowest BCUT2D eigenvalue weighted by Gasteiger charge is -2.16. The van der Waals surface area contributed by atoms with Gasteiger partial charge in [0.25, 0.3) is 5.91 Å². The van der Waals surface area contributed by atoms with Crippen LogP contribution in [0.5, 0.6) is 0 Å². The number of hydrogen-bond donors (Lipinski definition) is 0. The zero-order valence-electron chi connectivity index (χ0n) is 17.4. The third-order valence-electron chi connectivity index (χ3n) is 5.43. The smallest absolute Gasteiger partial charge is 0.279 e. The minimum Gasteiger partial charge on any atom is -0.302 e. The fourth-order valence-corrected chi connectivity index (χ4v) is 3.86. The predicted octanol–water partition coefficient (Wildman–Crippen LogP) is 5.48. The van der Waals surface area contributed by atoms with Crippen LogP contribution in [-0.4, -0.2) is 17.3 Å². The summed E-state index contributed by atoms with van der Waals surface area (Å²) in [6.07, 6.45) is 0. The summed E-state index contributed by atoms with van der Waals surface area (Å²) >= 11 is 0. The van der Waals surface area contributed by atoms with Gasteiger partial charge < -0.3 is 4.90 Å². The predicted molar refractivity (Wildman–Crippen MR) is 129 cm³/mol. The number of benzene rings is 4. The van der Waals surface area contributed by atoms with Gasteiger partial charge >= 0.3 is 0 Å². The van der Waals surface area contributed by atoms with Gasteiger partial charge in [-0.05, 0) is 11.6 Å². The zero-order valence-corrected chi connectivity index (χ0v) is 17.4. The van der Waals surface area contributed by atoms with Crippen molar-refractivity contribution in [3.8, 4) is 0 Å². The van der Waals surface area contributed by atoms with Gasteiger partial charge in [0.1, 0.15) is 5.71 Å². The number of hydrogen-bond acceptors (Lipinski definition) is 3. The Bertz CT molecular complexity index is 1250. The lowest BCUT2D eigenvalue weighted by molar-refractivity contribution is -0.112. The van der Waals surface area contributed by atoms with E-state index in [-0.39, 0.29) is 5.91 Å². The fraction of sp³-hybridized carbons (Fsp3) is 0.0357. The first-order valence-corrected chi connectivity index (χ1v) is 10.5. The quantitative estimate of drug-likeness (QED) is 0.315. The van der Waals surface area contributed by atoms with Gasteiger partial charge in [-0.2, -0.15) is 0 Å². The van der Waals surface area contributed by atoms with E-state index in [1.165, 1.54) is 0 Å². The van der Waals surface area contributed by atoms with Crippen molar-refractivity contribution < 1.29 is 4.79 Å². The van der Waals surface area contributed by atoms with E-state index >= 15 is 0 Å². The second-order valence-electron chi connectivity index (χ2n) is 7.52. The first kappa shape index (κ1) is 19.6. The Hall–Kier alpha value is -4.31. The van der Waals surface area contributed by atoms with Gasteiger partial charge in [0, 0.05) is 16.7 Å². The molecule has 0 aromatic heterocycles. The highest BCUT2D eigenvalue weighted by molar-refractivity contribution is 6.54. The monoisotopic (exact) mass is 415 g/mol. The SMILES string of the molecule is O=C1C(=NN=C(c2ccccc2)c2ccccc2)c2ccccc2N1Cc1ccccc1. The molecular weight excluding hydrogens is 394 g/mol. The van der Waals surface area contributed by atoms with E-state index in [1.807, 2.05) is 115 Å². The number of carbonyl (C=O) groups excluding carboxylic acids is 1. The average Bonchev–Trinajstić information content (AvgIpc) is 3.12. The van der Waals surface area contributed by atoms with Crippen LogP contribution in [0, 0.1) is 0 Å². The third-order valence-corrected chi connectivity index (χ3v) is 5.43. The van der Waals surface area contributed by atoms with Crippen molar-refractivity contribution in [1.82, 2.24) is 0 Å². The molecule has 4 nitrogen and oxygen atoms in total. The second kappa shape index (κ2) is 8.82. The lowest BCUT2D eigenvalue weighted by atomic mass is 10.0. The molecule has 4 aromatic carbocycles. The number of para-hydroxylation sites is 1. The van der Waals surface area contributed by atoms with Crippen LogP contribution in [0.25, 0.3) is 0 Å². The van der Waals surface area contributed by atoms with E-state index in [1.54, 1.807) is 4.90 Å². The van der Waals surface area contributed by atoms with Crippen molar-refractivity contribution in [2.75, 3.05) is 4.90 Å². The van der Waals surface area contributed by atoms with Gasteiger partial charge in [-0.3, -0.25) is 4.79 Å². The van der Waals surface area contributed by atoms with E-state index < -0.39 is 0 Å². The van der Waals surface area contributed by atoms with Crippen molar-refractivity contribution in [1.29, 1.82) is 0 Å². The molecule has 0 fully saturated rings. The molecule has 4 aromatic rings. The maximum atomic E-state index is 13.4. The minimum absolute atomic E-state index is 0.140. The standard InChI is InChI=1S/C28H21N3O/c32-28-27(24-18-10-11-19-25(24)31(28)20-21-12-4-1-5-13-21)30-29-26(22-14-6-2-7-15-22)23-16-8-3-9-17-23/h1-19H,20H2. The highest BCUT2D eigenvalue weighted by Crippen LogP contribution is 2.30. The summed E-state index contributed by atoms with van der Waals surface area (Å²) < 4.78 is 0. The number of fused-ring (bicyclic) bond motifs is 1. The van der Waals surface area contributed by atoms with Crippen LogP contribution in [0.3, 0.4) is 0 Å². The number of rotatable bonds is 5. The van der Waals surface area contributed by atoms with E-state index in [2.05, 4.69) is 10.2 Å². The minimum atomic E-state index is -0.140. The summed E-state index contributed by atoms with van der Waals surface area (Å²) in [5.41, 5.74) is 5.71. The Labute approximate surface area is 187 Å². The first-order chi connectivity index (χ1) is 15.8. The highest BCUT2D eigenvalue weighted by Gasteiger charge is 2.34. The largest absolute Gasteiger partial charge is 0.302 e. The summed E-state index contributed by atoms with van der Waals surface area (Å²) in [6, 6.07) is 37.5. The molecule has 0 saturated heterocycles. The Balaban J connectivity index is 1.57. The van der Waals surface area contributed by atoms with Crippen molar-refractivity contribution in [2.45, 2.75) is 6.54 Å². The van der Waals surface area contributed by atoms with E-state index in [9.17, 15) is 4.79 Å². The molecular formula is C28H21N3O. The molecule has 0 radical (unpaired) electrons. The zero-order chi connectivity index (χ0) is 21.8. The fourth-order valence-electron chi connectivity index (χ4n) is 3.86. The summed E-state index contributed by atoms with van der Waals surface area (Å²) in [5.74, 6) is -0.140. The maximum absolute atomic E-state index is 13.4. The van der Waals surface area contributed by atoms with Crippen LogP contribution in [-0.2, 0) is 11.3 Å². The third kappa shape index (κ3) is 3.86. The molecule has 0 spiro atoms. The van der Waals surface area contributed by atoms with E-state index in [0.29, 0.717) is 12.3 Å². The van der Waals surface area contributed by atoms with Gasteiger partial charge in [-0.25, -0.2) is 0 Å². The Morgan fingerprint density at radius 1 is 0.656 bits per heavy atom. The Morgan fingerprint density at radius 2 is 1.19 bits per heavy atom. The molecule has 4 heteroatoms. The van der Waals surface area contributed by atoms with Crippen molar-refractivity contribution in [3.63, 3.8) is 0 Å². The molecule has 0 unspecified atom stereocenters. The molecule has 0 N–H and O–H groups in total. The number of carbonyl (C=O) groups is 1. The maximum Gasteiger partial charge on any atom is 0.279 e. The molecule has 32 heavy (non-hydrogen) atoms. The summed E-state index contributed by atoms with van der Waals surface area (Å²) in [7, 11) is 0. The van der Waals surface area contributed by atoms with Gasteiger partial charge in [-0.15, -0.1) is 10.2 Å². The van der Waals surface area contributed by atoms with Crippen LogP contribution in [0.1, 0.15) is 22.3 Å². The topological polar surface area (TPSA) is 45.0 Å². The molecule has 0 saturated carbocycles. The molecule has 0 bridgehead atoms. The van der Waals surface area contributed by atoms with Crippen LogP contribution in [0.4, 0.5) is 5.69 Å². The normalized spacial score (nSPS) is 13.8. The van der Waals surface area contributed by atoms with Gasteiger partial charge in [0.2, 0.25) is 0 Å². The second-order valence-corrected chi connectivity index (χ2v) is 7.52. The van der Waals surface area contributed by atoms with Crippen molar-refractivity contribution >= 4 is 23.0 Å². The van der Waals surface area contributed by atoms with Gasteiger partial charge in [0.05, 0.1) is 12.2 Å². The van der Waals surface area contributed by atoms with Crippen LogP contribution in [0.2, 0.25) is 0 Å². The molecule has 0 aliphatic carbocycles.